The van der Waals surface area contributed by atoms with Crippen LogP contribution >= 0.6 is 11.8 Å². The zero-order chi connectivity index (χ0) is 18.4. The van der Waals surface area contributed by atoms with E-state index in [1.54, 1.807) is 24.3 Å². The van der Waals surface area contributed by atoms with Crippen molar-refractivity contribution in [3.63, 3.8) is 0 Å². The van der Waals surface area contributed by atoms with E-state index in [2.05, 4.69) is 15.5 Å². The van der Waals surface area contributed by atoms with Crippen LogP contribution in [0.5, 0.6) is 0 Å². The third-order valence-corrected chi connectivity index (χ3v) is 4.95. The maximum atomic E-state index is 12.6. The number of rotatable bonds is 7. The Morgan fingerprint density at radius 1 is 1.15 bits per heavy atom. The summed E-state index contributed by atoms with van der Waals surface area (Å²) in [7, 11) is 0. The first kappa shape index (κ1) is 18.7. The zero-order valence-corrected chi connectivity index (χ0v) is 15.0. The number of nitrogens with zero attached hydrogens (tertiary/aromatic N) is 1. The summed E-state index contributed by atoms with van der Waals surface area (Å²) in [6.07, 6.45) is 0.958. The molecule has 2 aromatic carbocycles. The van der Waals surface area contributed by atoms with Gasteiger partial charge in [-0.25, -0.2) is 0 Å². The molecule has 1 unspecified atom stereocenters. The number of nitrogens with one attached hydrogen (secondary N) is 2. The number of para-hydroxylation sites is 2. The van der Waals surface area contributed by atoms with E-state index in [0.717, 1.165) is 25.2 Å². The van der Waals surface area contributed by atoms with Crippen molar-refractivity contribution >= 4 is 29.0 Å². The molecule has 4 nitrogen and oxygen atoms in total. The molecule has 1 atom stereocenters. The van der Waals surface area contributed by atoms with E-state index in [-0.39, 0.29) is 12.5 Å². The van der Waals surface area contributed by atoms with Gasteiger partial charge in [-0.15, -0.1) is 0 Å². The van der Waals surface area contributed by atoms with Crippen LogP contribution in [-0.4, -0.2) is 42.2 Å². The predicted octanol–water partition coefficient (Wildman–Crippen LogP) is 4.13. The number of halogens is 2. The van der Waals surface area contributed by atoms with Crippen LogP contribution in [0.2, 0.25) is 0 Å². The van der Waals surface area contributed by atoms with E-state index in [1.165, 1.54) is 0 Å². The molecule has 0 radical (unpaired) electrons. The molecule has 0 spiro atoms. The Hall–Kier alpha value is -2.12. The molecule has 3 rings (SSSR count). The first-order valence-corrected chi connectivity index (χ1v) is 9.36. The SMILES string of the molecule is O=C(CN1CCC(Nc2ccccc2)C1)Nc1ccccc1SC(F)F. The van der Waals surface area contributed by atoms with Gasteiger partial charge in [0.05, 0.1) is 12.2 Å². The van der Waals surface area contributed by atoms with Gasteiger partial charge in [0.1, 0.15) is 0 Å². The fourth-order valence-electron chi connectivity index (χ4n) is 3.03. The summed E-state index contributed by atoms with van der Waals surface area (Å²) in [5.74, 6) is -2.70. The molecule has 1 fully saturated rings. The van der Waals surface area contributed by atoms with Crippen molar-refractivity contribution in [2.75, 3.05) is 30.3 Å². The Morgan fingerprint density at radius 2 is 1.88 bits per heavy atom. The Morgan fingerprint density at radius 3 is 2.65 bits per heavy atom. The average Bonchev–Trinajstić information content (AvgIpc) is 3.04. The van der Waals surface area contributed by atoms with Gasteiger partial charge in [-0.2, -0.15) is 8.78 Å². The van der Waals surface area contributed by atoms with Crippen LogP contribution in [0.25, 0.3) is 0 Å². The molecule has 138 valence electrons. The largest absolute Gasteiger partial charge is 0.381 e. The number of anilines is 2. The molecular formula is C19H21F2N3OS. The fourth-order valence-corrected chi connectivity index (χ4v) is 3.62. The maximum Gasteiger partial charge on any atom is 0.288 e. The number of alkyl halides is 2. The molecule has 2 aromatic rings. The van der Waals surface area contributed by atoms with Gasteiger partial charge in [0, 0.05) is 29.7 Å². The van der Waals surface area contributed by atoms with Crippen molar-refractivity contribution in [3.8, 4) is 0 Å². The average molecular weight is 377 g/mol. The summed E-state index contributed by atoms with van der Waals surface area (Å²) in [6, 6.07) is 16.9. The van der Waals surface area contributed by atoms with Crippen molar-refractivity contribution in [2.45, 2.75) is 23.1 Å². The first-order chi connectivity index (χ1) is 12.6. The van der Waals surface area contributed by atoms with E-state index in [9.17, 15) is 13.6 Å². The smallest absolute Gasteiger partial charge is 0.288 e. The van der Waals surface area contributed by atoms with Gasteiger partial charge in [-0.3, -0.25) is 9.69 Å². The molecule has 0 aromatic heterocycles. The summed E-state index contributed by atoms with van der Waals surface area (Å²) in [5, 5.41) is 6.22. The molecule has 1 aliphatic rings. The summed E-state index contributed by atoms with van der Waals surface area (Å²) < 4.78 is 25.2. The second kappa shape index (κ2) is 9.00. The number of thioether (sulfide) groups is 1. The van der Waals surface area contributed by atoms with Crippen molar-refractivity contribution in [1.29, 1.82) is 0 Å². The lowest BCUT2D eigenvalue weighted by Gasteiger charge is -2.17. The van der Waals surface area contributed by atoms with Crippen LogP contribution in [0.3, 0.4) is 0 Å². The lowest BCUT2D eigenvalue weighted by molar-refractivity contribution is -0.117. The van der Waals surface area contributed by atoms with Gasteiger partial charge in [0.2, 0.25) is 5.91 Å². The van der Waals surface area contributed by atoms with E-state index >= 15 is 0 Å². The normalized spacial score (nSPS) is 17.4. The molecule has 0 bridgehead atoms. The van der Waals surface area contributed by atoms with Crippen molar-refractivity contribution in [3.05, 3.63) is 54.6 Å². The van der Waals surface area contributed by atoms with Crippen LogP contribution < -0.4 is 10.6 Å². The van der Waals surface area contributed by atoms with Crippen LogP contribution in [-0.2, 0) is 4.79 Å². The Kier molecular flexibility index (Phi) is 6.46. The zero-order valence-electron chi connectivity index (χ0n) is 14.2. The topological polar surface area (TPSA) is 44.4 Å². The van der Waals surface area contributed by atoms with E-state index in [4.69, 9.17) is 0 Å². The predicted molar refractivity (Wildman–Crippen MR) is 102 cm³/mol. The molecule has 0 saturated carbocycles. The second-order valence-electron chi connectivity index (χ2n) is 6.15. The van der Waals surface area contributed by atoms with Crippen LogP contribution in [0.15, 0.2) is 59.5 Å². The van der Waals surface area contributed by atoms with Gasteiger partial charge >= 0.3 is 0 Å². The van der Waals surface area contributed by atoms with E-state index < -0.39 is 5.76 Å². The van der Waals surface area contributed by atoms with Gasteiger partial charge in [-0.05, 0) is 30.7 Å². The molecule has 2 N–H and O–H groups in total. The molecule has 1 saturated heterocycles. The van der Waals surface area contributed by atoms with Gasteiger partial charge in [-0.1, -0.05) is 42.1 Å². The quantitative estimate of drug-likeness (QED) is 0.713. The Labute approximate surface area is 156 Å². The highest BCUT2D eigenvalue weighted by Gasteiger charge is 2.24. The monoisotopic (exact) mass is 377 g/mol. The minimum Gasteiger partial charge on any atom is -0.381 e. The number of likely N-dealkylation sites (tertiary alicyclic amines) is 1. The second-order valence-corrected chi connectivity index (χ2v) is 7.19. The Bertz CT molecular complexity index is 730. The first-order valence-electron chi connectivity index (χ1n) is 8.48. The summed E-state index contributed by atoms with van der Waals surface area (Å²) >= 11 is 0.440. The highest BCUT2D eigenvalue weighted by molar-refractivity contribution is 7.99. The van der Waals surface area contributed by atoms with Crippen LogP contribution in [0.4, 0.5) is 20.2 Å². The lowest BCUT2D eigenvalue weighted by atomic mass is 10.2. The number of carbonyl (C=O) groups is 1. The standard InChI is InChI=1S/C19H21F2N3OS/c20-19(21)26-17-9-5-4-8-16(17)23-18(25)13-24-11-10-15(12-24)22-14-6-2-1-3-7-14/h1-9,15,19,22H,10-13H2,(H,23,25). The lowest BCUT2D eigenvalue weighted by Crippen LogP contribution is -2.33. The van der Waals surface area contributed by atoms with Crippen molar-refractivity contribution in [2.24, 2.45) is 0 Å². The maximum absolute atomic E-state index is 12.6. The molecule has 0 aliphatic carbocycles. The van der Waals surface area contributed by atoms with E-state index in [0.29, 0.717) is 28.4 Å². The molecular weight excluding hydrogens is 356 g/mol. The summed E-state index contributed by atoms with van der Waals surface area (Å²) in [5.41, 5.74) is 1.50. The van der Waals surface area contributed by atoms with Crippen LogP contribution in [0.1, 0.15) is 6.42 Å². The van der Waals surface area contributed by atoms with Gasteiger partial charge in [0.15, 0.2) is 0 Å². The summed E-state index contributed by atoms with van der Waals surface area (Å²) in [4.78, 5) is 14.7. The highest BCUT2D eigenvalue weighted by Crippen LogP contribution is 2.31. The molecule has 1 aliphatic heterocycles. The van der Waals surface area contributed by atoms with Gasteiger partial charge < -0.3 is 10.6 Å². The minimum absolute atomic E-state index is 0.187. The molecule has 1 amide bonds. The highest BCUT2D eigenvalue weighted by atomic mass is 32.2. The third-order valence-electron chi connectivity index (χ3n) is 4.16. The van der Waals surface area contributed by atoms with Crippen molar-refractivity contribution < 1.29 is 13.6 Å². The third kappa shape index (κ3) is 5.44. The fraction of sp³-hybridized carbons (Fsp3) is 0.316. The van der Waals surface area contributed by atoms with Gasteiger partial charge in [0.25, 0.3) is 5.76 Å². The Balaban J connectivity index is 1.50. The molecule has 7 heteroatoms. The number of hydrogen-bond acceptors (Lipinski definition) is 4. The summed E-state index contributed by atoms with van der Waals surface area (Å²) in [6.45, 7) is 1.85. The minimum atomic E-state index is -2.52. The van der Waals surface area contributed by atoms with Crippen molar-refractivity contribution in [1.82, 2.24) is 4.90 Å². The number of hydrogen-bond donors (Lipinski definition) is 2. The van der Waals surface area contributed by atoms with E-state index in [1.807, 2.05) is 30.3 Å². The number of amides is 1. The number of carbonyl (C=O) groups excluding carboxylic acids is 1. The van der Waals surface area contributed by atoms with Crippen LogP contribution in [0, 0.1) is 0 Å². The number of benzene rings is 2. The molecule has 26 heavy (non-hydrogen) atoms. The molecule has 1 heterocycles.